The van der Waals surface area contributed by atoms with E-state index in [1.54, 1.807) is 26.0 Å². The predicted octanol–water partition coefficient (Wildman–Crippen LogP) is 4.88. The van der Waals surface area contributed by atoms with Gasteiger partial charge in [0, 0.05) is 29.2 Å². The van der Waals surface area contributed by atoms with Crippen molar-refractivity contribution in [3.63, 3.8) is 0 Å². The number of carbonyl (C=O) groups excluding carboxylic acids is 1. The number of hydrogen-bond donors (Lipinski definition) is 3. The zero-order valence-corrected chi connectivity index (χ0v) is 21.4. The smallest absolute Gasteiger partial charge is 0.387 e. The number of benzene rings is 2. The van der Waals surface area contributed by atoms with Gasteiger partial charge >= 0.3 is 12.3 Å². The van der Waals surface area contributed by atoms with Crippen molar-refractivity contribution in [2.75, 3.05) is 11.5 Å². The van der Waals surface area contributed by atoms with Crippen LogP contribution in [0.15, 0.2) is 41.2 Å². The van der Waals surface area contributed by atoms with Gasteiger partial charge in [-0.25, -0.2) is 4.79 Å². The fraction of sp³-hybridized carbons (Fsp3) is 0.400. The number of amides is 1. The molecule has 4 rings (SSSR count). The van der Waals surface area contributed by atoms with Crippen molar-refractivity contribution in [2.24, 2.45) is 0 Å². The maximum Gasteiger partial charge on any atom is 0.387 e. The van der Waals surface area contributed by atoms with E-state index in [2.05, 4.69) is 16.1 Å². The molecule has 2 heterocycles. The Morgan fingerprint density at radius 1 is 1.22 bits per heavy atom. The van der Waals surface area contributed by atoms with Crippen LogP contribution in [0.1, 0.15) is 55.6 Å². The lowest BCUT2D eigenvalue weighted by Crippen LogP contribution is -2.50. The number of nitrogens with one attached hydrogen (secondary N) is 1. The van der Waals surface area contributed by atoms with E-state index in [0.717, 1.165) is 0 Å². The first-order valence-electron chi connectivity index (χ1n) is 11.7. The maximum atomic E-state index is 13.5. The molecule has 1 aliphatic heterocycles. The molecule has 0 spiro atoms. The lowest BCUT2D eigenvalue weighted by molar-refractivity contribution is -0.0498. The van der Waals surface area contributed by atoms with Gasteiger partial charge in [0.15, 0.2) is 0 Å². The second-order valence-corrected chi connectivity index (χ2v) is 12.1. The predicted molar refractivity (Wildman–Crippen MR) is 137 cm³/mol. The molecule has 1 amide bonds. The number of halogens is 2. The third kappa shape index (κ3) is 5.20. The molecule has 0 atom stereocenters. The monoisotopic (exact) mass is 534 g/mol. The van der Waals surface area contributed by atoms with Crippen LogP contribution in [0, 0.1) is 11.3 Å². The van der Waals surface area contributed by atoms with E-state index in [1.165, 1.54) is 33.4 Å². The number of alkyl halides is 2. The van der Waals surface area contributed by atoms with Gasteiger partial charge in [0.25, 0.3) is 5.91 Å². The first kappa shape index (κ1) is 26.7. The normalized spacial score (nSPS) is 17.5. The second-order valence-electron chi connectivity index (χ2n) is 9.65. The summed E-state index contributed by atoms with van der Waals surface area (Å²) in [6, 6.07) is 10.4. The van der Waals surface area contributed by atoms with Crippen molar-refractivity contribution >= 4 is 27.5 Å². The molecule has 1 fully saturated rings. The summed E-state index contributed by atoms with van der Waals surface area (Å²) < 4.78 is 52.5. The van der Waals surface area contributed by atoms with Crippen molar-refractivity contribution in [2.45, 2.75) is 51.8 Å². The van der Waals surface area contributed by atoms with Gasteiger partial charge in [-0.15, -0.1) is 0 Å². The van der Waals surface area contributed by atoms with Crippen LogP contribution >= 0.6 is 10.6 Å². The van der Waals surface area contributed by atoms with Gasteiger partial charge < -0.3 is 10.1 Å². The Balaban J connectivity index is 1.83. The number of nitrogens with zero attached hydrogens (tertiary/aromatic N) is 3. The molecule has 12 heteroatoms. The van der Waals surface area contributed by atoms with Crippen LogP contribution in [0.25, 0.3) is 16.7 Å². The van der Waals surface area contributed by atoms with Gasteiger partial charge in [0.05, 0.1) is 27.8 Å². The van der Waals surface area contributed by atoms with Crippen LogP contribution in [-0.4, -0.2) is 47.8 Å². The Kier molecular flexibility index (Phi) is 7.07. The number of aromatic nitrogens is 2. The molecule has 0 saturated carbocycles. The van der Waals surface area contributed by atoms with Gasteiger partial charge in [0.2, 0.25) is 0 Å². The van der Waals surface area contributed by atoms with E-state index >= 15 is 0 Å². The Morgan fingerprint density at radius 3 is 2.49 bits per heavy atom. The van der Waals surface area contributed by atoms with E-state index in [-0.39, 0.29) is 45.6 Å². The third-order valence-corrected chi connectivity index (χ3v) is 8.30. The standard InChI is InChI=1S/C25H28F2N4O5S/c1-15(2)30-21-19(14-28)18(22(32)29-25(3)9-11-37(34,35)12-10-25)7-8-20(21)31(24(30)33)16-5-4-6-17(13-16)36-23(26)27/h4-8,13,15,23,34-35H,9-12H2,1-3H3,(H,29,32). The number of ether oxygens (including phenoxy) is 1. The van der Waals surface area contributed by atoms with Crippen molar-refractivity contribution in [3.05, 3.63) is 58.0 Å². The zero-order chi connectivity index (χ0) is 27.1. The van der Waals surface area contributed by atoms with Gasteiger partial charge in [-0.05, 0) is 57.9 Å². The molecular formula is C25H28F2N4O5S. The number of imidazole rings is 1. The van der Waals surface area contributed by atoms with Crippen LogP contribution in [0.5, 0.6) is 5.75 Å². The summed E-state index contributed by atoms with van der Waals surface area (Å²) in [6.45, 7) is 2.31. The number of rotatable bonds is 6. The van der Waals surface area contributed by atoms with Crippen molar-refractivity contribution in [1.82, 2.24) is 14.5 Å². The van der Waals surface area contributed by atoms with Gasteiger partial charge in [-0.1, -0.05) is 6.07 Å². The zero-order valence-electron chi connectivity index (χ0n) is 20.6. The first-order chi connectivity index (χ1) is 17.4. The third-order valence-electron chi connectivity index (χ3n) is 6.59. The molecule has 0 aliphatic carbocycles. The van der Waals surface area contributed by atoms with E-state index < -0.39 is 34.3 Å². The average molecular weight is 535 g/mol. The molecule has 1 aromatic heterocycles. The fourth-order valence-corrected chi connectivity index (χ4v) is 6.37. The minimum absolute atomic E-state index is 0.00299. The van der Waals surface area contributed by atoms with Crippen LogP contribution in [0.4, 0.5) is 8.78 Å². The number of carbonyl (C=O) groups is 1. The molecule has 9 nitrogen and oxygen atoms in total. The largest absolute Gasteiger partial charge is 0.435 e. The highest BCUT2D eigenvalue weighted by Crippen LogP contribution is 2.47. The van der Waals surface area contributed by atoms with E-state index in [0.29, 0.717) is 18.4 Å². The Morgan fingerprint density at radius 2 is 1.89 bits per heavy atom. The quantitative estimate of drug-likeness (QED) is 0.413. The molecule has 3 N–H and O–H groups in total. The lowest BCUT2D eigenvalue weighted by Gasteiger charge is -2.44. The number of nitriles is 1. The van der Waals surface area contributed by atoms with E-state index in [4.69, 9.17) is 0 Å². The van der Waals surface area contributed by atoms with Gasteiger partial charge in [-0.2, -0.15) is 24.6 Å². The Labute approximate surface area is 213 Å². The summed E-state index contributed by atoms with van der Waals surface area (Å²) in [5, 5.41) is 13.0. The molecule has 0 radical (unpaired) electrons. The first-order valence-corrected chi connectivity index (χ1v) is 13.6. The molecule has 198 valence electrons. The Hall–Kier alpha value is -3.40. The SMILES string of the molecule is CC(C)n1c(=O)n(-c2cccc(OC(F)F)c2)c2ccc(C(=O)NC3(C)CCS(O)(O)CC3)c(C#N)c21. The van der Waals surface area contributed by atoms with Crippen LogP contribution in [-0.2, 0) is 0 Å². The molecule has 2 aromatic carbocycles. The van der Waals surface area contributed by atoms with Crippen molar-refractivity contribution in [1.29, 1.82) is 5.26 Å². The van der Waals surface area contributed by atoms with Crippen LogP contribution in [0.3, 0.4) is 0 Å². The molecule has 37 heavy (non-hydrogen) atoms. The fourth-order valence-electron chi connectivity index (χ4n) is 4.61. The van der Waals surface area contributed by atoms with Crippen LogP contribution in [0.2, 0.25) is 0 Å². The summed E-state index contributed by atoms with van der Waals surface area (Å²) in [6.07, 6.45) is 0.741. The van der Waals surface area contributed by atoms with E-state index in [9.17, 15) is 32.7 Å². The maximum absolute atomic E-state index is 13.5. The van der Waals surface area contributed by atoms with Gasteiger partial charge in [-0.3, -0.25) is 23.0 Å². The summed E-state index contributed by atoms with van der Waals surface area (Å²) in [7, 11) is -2.64. The minimum atomic E-state index is -3.03. The summed E-state index contributed by atoms with van der Waals surface area (Å²) >= 11 is 0. The molecule has 1 aliphatic rings. The Bertz CT molecular complexity index is 1450. The second kappa shape index (κ2) is 9.81. The summed E-state index contributed by atoms with van der Waals surface area (Å²) in [4.78, 5) is 26.9. The molecule has 0 bridgehead atoms. The van der Waals surface area contributed by atoms with Crippen molar-refractivity contribution < 1.29 is 27.4 Å². The highest BCUT2D eigenvalue weighted by molar-refractivity contribution is 8.24. The average Bonchev–Trinajstić information content (AvgIpc) is 3.12. The van der Waals surface area contributed by atoms with Crippen molar-refractivity contribution in [3.8, 4) is 17.5 Å². The molecular weight excluding hydrogens is 506 g/mol. The number of fused-ring (bicyclic) bond motifs is 1. The molecule has 1 saturated heterocycles. The minimum Gasteiger partial charge on any atom is -0.435 e. The highest BCUT2D eigenvalue weighted by atomic mass is 32.3. The lowest BCUT2D eigenvalue weighted by atomic mass is 9.93. The summed E-state index contributed by atoms with van der Waals surface area (Å²) in [5.74, 6) is -0.281. The topological polar surface area (TPSA) is 130 Å². The van der Waals surface area contributed by atoms with Crippen LogP contribution < -0.4 is 15.7 Å². The van der Waals surface area contributed by atoms with Gasteiger partial charge in [0.1, 0.15) is 11.8 Å². The molecule has 0 unspecified atom stereocenters. The number of hydrogen-bond acceptors (Lipinski definition) is 6. The summed E-state index contributed by atoms with van der Waals surface area (Å²) in [5.41, 5.74) is -0.259. The highest BCUT2D eigenvalue weighted by Gasteiger charge is 2.35. The molecule has 3 aromatic rings. The van der Waals surface area contributed by atoms with E-state index in [1.807, 2.05) is 6.92 Å².